The fourth-order valence-electron chi connectivity index (χ4n) is 2.04. The first-order chi connectivity index (χ1) is 8.25. The minimum Gasteiger partial charge on any atom is -0.351 e. The number of nitrogens with one attached hydrogen (secondary N) is 1. The highest BCUT2D eigenvalue weighted by atomic mass is 127. The predicted molar refractivity (Wildman–Crippen MR) is 77.2 cm³/mol. The van der Waals surface area contributed by atoms with Gasteiger partial charge in [0.1, 0.15) is 0 Å². The van der Waals surface area contributed by atoms with E-state index in [1.54, 1.807) is 0 Å². The van der Waals surface area contributed by atoms with Crippen molar-refractivity contribution in [1.29, 1.82) is 0 Å². The van der Waals surface area contributed by atoms with Crippen LogP contribution in [0.1, 0.15) is 23.2 Å². The largest absolute Gasteiger partial charge is 0.351 e. The summed E-state index contributed by atoms with van der Waals surface area (Å²) in [6.07, 6.45) is 2.59. The van der Waals surface area contributed by atoms with E-state index < -0.39 is 0 Å². The van der Waals surface area contributed by atoms with Crippen molar-refractivity contribution in [1.82, 2.24) is 10.2 Å². The zero-order chi connectivity index (χ0) is 12.1. The first kappa shape index (κ1) is 12.8. The summed E-state index contributed by atoms with van der Waals surface area (Å²) in [4.78, 5) is 14.2. The summed E-state index contributed by atoms with van der Waals surface area (Å²) < 4.78 is 1.15. The summed E-state index contributed by atoms with van der Waals surface area (Å²) in [5.41, 5.74) is 0.742. The number of carbonyl (C=O) groups excluding carboxylic acids is 1. The highest BCUT2D eigenvalue weighted by Gasteiger charge is 2.11. The molecular weight excluding hydrogens is 327 g/mol. The third-order valence-corrected chi connectivity index (χ3v) is 3.74. The van der Waals surface area contributed by atoms with E-state index in [0.717, 1.165) is 22.2 Å². The van der Waals surface area contributed by atoms with Crippen LogP contribution in [0.4, 0.5) is 0 Å². The number of carbonyl (C=O) groups is 1. The summed E-state index contributed by atoms with van der Waals surface area (Å²) in [5, 5.41) is 2.96. The lowest BCUT2D eigenvalue weighted by Crippen LogP contribution is -2.33. The molecule has 1 heterocycles. The smallest absolute Gasteiger partial charge is 0.251 e. The molecule has 0 bridgehead atoms. The van der Waals surface area contributed by atoms with Crippen molar-refractivity contribution < 1.29 is 4.79 Å². The van der Waals surface area contributed by atoms with Crippen LogP contribution < -0.4 is 5.32 Å². The molecule has 1 N–H and O–H groups in total. The van der Waals surface area contributed by atoms with Gasteiger partial charge >= 0.3 is 0 Å². The Hall–Kier alpha value is -0.620. The summed E-state index contributed by atoms with van der Waals surface area (Å²) in [7, 11) is 0. The summed E-state index contributed by atoms with van der Waals surface area (Å²) in [6, 6.07) is 7.64. The second kappa shape index (κ2) is 6.35. The predicted octanol–water partition coefficient (Wildman–Crippen LogP) is 2.12. The van der Waals surface area contributed by atoms with Gasteiger partial charge in [-0.2, -0.15) is 0 Å². The van der Waals surface area contributed by atoms with Gasteiger partial charge in [-0.1, -0.05) is 0 Å². The number of nitrogens with zero attached hydrogens (tertiary/aromatic N) is 1. The normalized spacial score (nSPS) is 16.1. The Labute approximate surface area is 116 Å². The van der Waals surface area contributed by atoms with Crippen LogP contribution in [0.3, 0.4) is 0 Å². The summed E-state index contributed by atoms with van der Waals surface area (Å²) in [6.45, 7) is 4.07. The van der Waals surface area contributed by atoms with E-state index in [4.69, 9.17) is 0 Å². The van der Waals surface area contributed by atoms with Crippen LogP contribution in [-0.4, -0.2) is 37.0 Å². The van der Waals surface area contributed by atoms with Crippen molar-refractivity contribution in [2.24, 2.45) is 0 Å². The Morgan fingerprint density at radius 1 is 1.24 bits per heavy atom. The number of hydrogen-bond acceptors (Lipinski definition) is 2. The number of rotatable bonds is 4. The van der Waals surface area contributed by atoms with Crippen LogP contribution in [0.15, 0.2) is 24.3 Å². The monoisotopic (exact) mass is 344 g/mol. The maximum atomic E-state index is 11.8. The van der Waals surface area contributed by atoms with Gasteiger partial charge in [0, 0.05) is 22.2 Å². The van der Waals surface area contributed by atoms with Crippen molar-refractivity contribution in [3.63, 3.8) is 0 Å². The maximum absolute atomic E-state index is 11.8. The van der Waals surface area contributed by atoms with Crippen molar-refractivity contribution >= 4 is 28.5 Å². The summed E-state index contributed by atoms with van der Waals surface area (Å²) in [5.74, 6) is 0.0283. The van der Waals surface area contributed by atoms with Crippen LogP contribution in [0.2, 0.25) is 0 Å². The third kappa shape index (κ3) is 3.96. The SMILES string of the molecule is O=C(NCCN1CCCC1)c1ccc(I)cc1. The van der Waals surface area contributed by atoms with Crippen molar-refractivity contribution in [3.8, 4) is 0 Å². The van der Waals surface area contributed by atoms with E-state index in [1.165, 1.54) is 25.9 Å². The molecule has 1 aliphatic rings. The number of halogens is 1. The van der Waals surface area contributed by atoms with Crippen LogP contribution in [0, 0.1) is 3.57 Å². The minimum atomic E-state index is 0.0283. The van der Waals surface area contributed by atoms with E-state index in [9.17, 15) is 4.79 Å². The third-order valence-electron chi connectivity index (χ3n) is 3.02. The molecule has 4 heteroatoms. The average Bonchev–Trinajstić information content (AvgIpc) is 2.83. The fourth-order valence-corrected chi connectivity index (χ4v) is 2.40. The van der Waals surface area contributed by atoms with Gasteiger partial charge in [0.15, 0.2) is 0 Å². The molecule has 0 aromatic heterocycles. The summed E-state index contributed by atoms with van der Waals surface area (Å²) >= 11 is 2.24. The van der Waals surface area contributed by atoms with Gasteiger partial charge in [0.25, 0.3) is 5.91 Å². The lowest BCUT2D eigenvalue weighted by molar-refractivity contribution is 0.0950. The molecule has 1 saturated heterocycles. The van der Waals surface area contributed by atoms with Gasteiger partial charge in [-0.05, 0) is 72.8 Å². The van der Waals surface area contributed by atoms with Crippen LogP contribution in [0.25, 0.3) is 0 Å². The Bertz CT molecular complexity index is 372. The standard InChI is InChI=1S/C13H17IN2O/c14-12-5-3-11(4-6-12)13(17)15-7-10-16-8-1-2-9-16/h3-6H,1-2,7-10H2,(H,15,17). The number of benzene rings is 1. The highest BCUT2D eigenvalue weighted by Crippen LogP contribution is 2.07. The Morgan fingerprint density at radius 2 is 1.88 bits per heavy atom. The fraction of sp³-hybridized carbons (Fsp3) is 0.462. The zero-order valence-electron chi connectivity index (χ0n) is 9.79. The molecular formula is C13H17IN2O. The molecule has 0 unspecified atom stereocenters. The number of hydrogen-bond donors (Lipinski definition) is 1. The second-order valence-corrected chi connectivity index (χ2v) is 5.56. The number of likely N-dealkylation sites (tertiary alicyclic amines) is 1. The molecule has 2 rings (SSSR count). The van der Waals surface area contributed by atoms with Gasteiger partial charge < -0.3 is 10.2 Å². The molecule has 0 radical (unpaired) electrons. The van der Waals surface area contributed by atoms with Gasteiger partial charge in [-0.25, -0.2) is 0 Å². The van der Waals surface area contributed by atoms with Gasteiger partial charge in [0.05, 0.1) is 0 Å². The minimum absolute atomic E-state index is 0.0283. The molecule has 0 atom stereocenters. The Balaban J connectivity index is 1.75. The molecule has 0 saturated carbocycles. The molecule has 1 fully saturated rings. The van der Waals surface area contributed by atoms with E-state index in [0.29, 0.717) is 0 Å². The maximum Gasteiger partial charge on any atom is 0.251 e. The quantitative estimate of drug-likeness (QED) is 0.849. The van der Waals surface area contributed by atoms with E-state index in [2.05, 4.69) is 32.8 Å². The molecule has 0 spiro atoms. The first-order valence-corrected chi connectivity index (χ1v) is 7.10. The van der Waals surface area contributed by atoms with Gasteiger partial charge in [-0.15, -0.1) is 0 Å². The molecule has 1 aromatic carbocycles. The topological polar surface area (TPSA) is 32.3 Å². The van der Waals surface area contributed by atoms with Gasteiger partial charge in [0.2, 0.25) is 0 Å². The van der Waals surface area contributed by atoms with E-state index >= 15 is 0 Å². The van der Waals surface area contributed by atoms with E-state index in [1.807, 2.05) is 24.3 Å². The highest BCUT2D eigenvalue weighted by molar-refractivity contribution is 14.1. The van der Waals surface area contributed by atoms with Crippen LogP contribution >= 0.6 is 22.6 Å². The van der Waals surface area contributed by atoms with Gasteiger partial charge in [-0.3, -0.25) is 4.79 Å². The van der Waals surface area contributed by atoms with Crippen molar-refractivity contribution in [2.75, 3.05) is 26.2 Å². The molecule has 17 heavy (non-hydrogen) atoms. The average molecular weight is 344 g/mol. The Morgan fingerprint density at radius 3 is 2.53 bits per heavy atom. The van der Waals surface area contributed by atoms with Crippen LogP contribution in [0.5, 0.6) is 0 Å². The zero-order valence-corrected chi connectivity index (χ0v) is 11.9. The Kier molecular flexibility index (Phi) is 4.79. The van der Waals surface area contributed by atoms with Crippen LogP contribution in [-0.2, 0) is 0 Å². The first-order valence-electron chi connectivity index (χ1n) is 6.02. The number of amides is 1. The van der Waals surface area contributed by atoms with E-state index in [-0.39, 0.29) is 5.91 Å². The lowest BCUT2D eigenvalue weighted by atomic mass is 10.2. The molecule has 0 aliphatic carbocycles. The second-order valence-electron chi connectivity index (χ2n) is 4.31. The van der Waals surface area contributed by atoms with Crippen molar-refractivity contribution in [2.45, 2.75) is 12.8 Å². The molecule has 3 nitrogen and oxygen atoms in total. The molecule has 1 amide bonds. The molecule has 1 aromatic rings. The lowest BCUT2D eigenvalue weighted by Gasteiger charge is -2.14. The van der Waals surface area contributed by atoms with Crippen molar-refractivity contribution in [3.05, 3.63) is 33.4 Å². The molecule has 92 valence electrons. The molecule has 1 aliphatic heterocycles.